The second-order valence-corrected chi connectivity index (χ2v) is 8.39. The molecule has 1 N–H and O–H groups in total. The SMILES string of the molecule is CCCCOc1ccc([C@@H]2[C@H](C(=O)O)c3ccc([N+](=O)[O-])cc3C(=O)N2CCCBr)cc1. The Balaban J connectivity index is 2.06. The number of hydrogen-bond donors (Lipinski definition) is 1. The maximum absolute atomic E-state index is 13.4. The Morgan fingerprint density at radius 2 is 1.94 bits per heavy atom. The zero-order valence-electron chi connectivity index (χ0n) is 17.7. The number of halogens is 1. The molecule has 1 amide bonds. The van der Waals surface area contributed by atoms with Gasteiger partial charge in [-0.2, -0.15) is 0 Å². The summed E-state index contributed by atoms with van der Waals surface area (Å²) in [5, 5.41) is 22.0. The number of amides is 1. The van der Waals surface area contributed by atoms with Gasteiger partial charge >= 0.3 is 5.97 Å². The van der Waals surface area contributed by atoms with E-state index >= 15 is 0 Å². The van der Waals surface area contributed by atoms with Gasteiger partial charge < -0.3 is 14.7 Å². The maximum Gasteiger partial charge on any atom is 0.313 e. The van der Waals surface area contributed by atoms with Crippen molar-refractivity contribution < 1.29 is 24.4 Å². The van der Waals surface area contributed by atoms with Crippen molar-refractivity contribution in [2.75, 3.05) is 18.5 Å². The lowest BCUT2D eigenvalue weighted by Crippen LogP contribution is -2.45. The van der Waals surface area contributed by atoms with Gasteiger partial charge in [0.15, 0.2) is 0 Å². The summed E-state index contributed by atoms with van der Waals surface area (Å²) in [5.41, 5.74) is 0.786. The quantitative estimate of drug-likeness (QED) is 0.212. The van der Waals surface area contributed by atoms with Crippen molar-refractivity contribution in [2.24, 2.45) is 0 Å². The minimum absolute atomic E-state index is 0.0666. The molecule has 0 aliphatic carbocycles. The Labute approximate surface area is 194 Å². The monoisotopic (exact) mass is 504 g/mol. The van der Waals surface area contributed by atoms with E-state index in [-0.39, 0.29) is 16.8 Å². The molecule has 8 nitrogen and oxygen atoms in total. The molecule has 170 valence electrons. The third-order valence-corrected chi connectivity index (χ3v) is 6.07. The van der Waals surface area contributed by atoms with Crippen LogP contribution in [0.25, 0.3) is 0 Å². The number of benzene rings is 2. The number of nitro groups is 1. The van der Waals surface area contributed by atoms with Gasteiger partial charge in [0, 0.05) is 24.0 Å². The van der Waals surface area contributed by atoms with E-state index in [4.69, 9.17) is 4.74 Å². The van der Waals surface area contributed by atoms with Crippen molar-refractivity contribution >= 4 is 33.5 Å². The van der Waals surface area contributed by atoms with Gasteiger partial charge in [0.1, 0.15) is 11.7 Å². The van der Waals surface area contributed by atoms with E-state index in [9.17, 15) is 24.8 Å². The molecule has 3 rings (SSSR count). The predicted octanol–water partition coefficient (Wildman–Crippen LogP) is 4.92. The van der Waals surface area contributed by atoms with E-state index in [2.05, 4.69) is 22.9 Å². The Morgan fingerprint density at radius 1 is 1.22 bits per heavy atom. The minimum atomic E-state index is -1.09. The number of fused-ring (bicyclic) bond motifs is 1. The Bertz CT molecular complexity index is 994. The van der Waals surface area contributed by atoms with E-state index in [1.54, 1.807) is 24.3 Å². The highest BCUT2D eigenvalue weighted by Crippen LogP contribution is 2.44. The van der Waals surface area contributed by atoms with Crippen LogP contribution in [0.2, 0.25) is 0 Å². The first-order valence-corrected chi connectivity index (χ1v) is 11.6. The first-order chi connectivity index (χ1) is 15.4. The van der Waals surface area contributed by atoms with Crippen LogP contribution in [0, 0.1) is 10.1 Å². The first kappa shape index (κ1) is 23.7. The highest BCUT2D eigenvalue weighted by molar-refractivity contribution is 9.09. The van der Waals surface area contributed by atoms with E-state index < -0.39 is 28.8 Å². The molecule has 0 unspecified atom stereocenters. The summed E-state index contributed by atoms with van der Waals surface area (Å²) in [6.45, 7) is 2.99. The molecule has 0 spiro atoms. The number of rotatable bonds is 10. The molecule has 0 saturated heterocycles. The standard InChI is InChI=1S/C23H25BrN2O6/c1-2-3-13-32-17-8-5-15(6-9-17)21-20(23(28)29)18-10-7-16(26(30)31)14-19(18)22(27)25(21)12-4-11-24/h5-10,14,20-21H,2-4,11-13H2,1H3,(H,28,29)/t20-,21-/m1/s1. The lowest BCUT2D eigenvalue weighted by molar-refractivity contribution is -0.384. The summed E-state index contributed by atoms with van der Waals surface area (Å²) in [6, 6.07) is 10.2. The second kappa shape index (κ2) is 10.6. The molecule has 0 bridgehead atoms. The average molecular weight is 505 g/mol. The molecule has 32 heavy (non-hydrogen) atoms. The van der Waals surface area contributed by atoms with Crippen LogP contribution in [-0.4, -0.2) is 45.3 Å². The van der Waals surface area contributed by atoms with Crippen LogP contribution in [0.4, 0.5) is 5.69 Å². The van der Waals surface area contributed by atoms with Crippen molar-refractivity contribution in [3.63, 3.8) is 0 Å². The molecule has 1 heterocycles. The van der Waals surface area contributed by atoms with E-state index in [0.29, 0.717) is 36.2 Å². The number of ether oxygens (including phenoxy) is 1. The summed E-state index contributed by atoms with van der Waals surface area (Å²) in [4.78, 5) is 37.9. The number of hydrogen-bond acceptors (Lipinski definition) is 5. The molecule has 0 fully saturated rings. The number of carboxylic acid groups (broad SMARTS) is 1. The second-order valence-electron chi connectivity index (χ2n) is 7.60. The third kappa shape index (κ3) is 4.93. The summed E-state index contributed by atoms with van der Waals surface area (Å²) < 4.78 is 5.70. The van der Waals surface area contributed by atoms with Crippen LogP contribution in [0.15, 0.2) is 42.5 Å². The number of nitrogens with zero attached hydrogens (tertiary/aromatic N) is 2. The normalized spacial score (nSPS) is 17.7. The molecule has 0 aromatic heterocycles. The van der Waals surface area contributed by atoms with Crippen LogP contribution < -0.4 is 4.74 Å². The lowest BCUT2D eigenvalue weighted by Gasteiger charge is -2.40. The maximum atomic E-state index is 13.4. The zero-order chi connectivity index (χ0) is 23.3. The van der Waals surface area contributed by atoms with Crippen LogP contribution in [0.5, 0.6) is 5.75 Å². The average Bonchev–Trinajstić information content (AvgIpc) is 2.78. The minimum Gasteiger partial charge on any atom is -0.494 e. The van der Waals surface area contributed by atoms with Crippen molar-refractivity contribution in [3.05, 3.63) is 69.3 Å². The lowest BCUT2D eigenvalue weighted by atomic mass is 9.79. The zero-order valence-corrected chi connectivity index (χ0v) is 19.3. The fourth-order valence-electron chi connectivity index (χ4n) is 3.95. The van der Waals surface area contributed by atoms with Gasteiger partial charge in [0.25, 0.3) is 11.6 Å². The Morgan fingerprint density at radius 3 is 2.53 bits per heavy atom. The van der Waals surface area contributed by atoms with E-state index in [1.165, 1.54) is 23.1 Å². The molecule has 9 heteroatoms. The van der Waals surface area contributed by atoms with Crippen LogP contribution >= 0.6 is 15.9 Å². The van der Waals surface area contributed by atoms with Gasteiger partial charge in [-0.25, -0.2) is 0 Å². The number of nitro benzene ring substituents is 1. The van der Waals surface area contributed by atoms with Gasteiger partial charge in [-0.1, -0.05) is 47.5 Å². The van der Waals surface area contributed by atoms with Crippen LogP contribution in [0.1, 0.15) is 59.6 Å². The van der Waals surface area contributed by atoms with Crippen molar-refractivity contribution in [3.8, 4) is 5.75 Å². The summed E-state index contributed by atoms with van der Waals surface area (Å²) >= 11 is 3.36. The number of non-ortho nitro benzene ring substituents is 1. The van der Waals surface area contributed by atoms with Gasteiger partial charge in [0.2, 0.25) is 0 Å². The Kier molecular flexibility index (Phi) is 7.84. The predicted molar refractivity (Wildman–Crippen MR) is 123 cm³/mol. The first-order valence-electron chi connectivity index (χ1n) is 10.5. The van der Waals surface area contributed by atoms with Crippen molar-refractivity contribution in [2.45, 2.75) is 38.1 Å². The van der Waals surface area contributed by atoms with Gasteiger partial charge in [-0.3, -0.25) is 19.7 Å². The molecule has 2 aromatic carbocycles. The molecule has 0 saturated carbocycles. The van der Waals surface area contributed by atoms with E-state index in [0.717, 1.165) is 12.8 Å². The highest BCUT2D eigenvalue weighted by atomic mass is 79.9. The Hall–Kier alpha value is -2.94. The van der Waals surface area contributed by atoms with Gasteiger partial charge in [0.05, 0.1) is 23.1 Å². The highest BCUT2D eigenvalue weighted by Gasteiger charge is 2.44. The molecule has 2 aromatic rings. The largest absolute Gasteiger partial charge is 0.494 e. The number of carbonyl (C=O) groups excluding carboxylic acids is 1. The molecule has 0 radical (unpaired) electrons. The summed E-state index contributed by atoms with van der Waals surface area (Å²) in [6.07, 6.45) is 2.56. The number of carboxylic acids is 1. The fourth-order valence-corrected chi connectivity index (χ4v) is 4.20. The van der Waals surface area contributed by atoms with E-state index in [1.807, 2.05) is 0 Å². The number of aliphatic carboxylic acids is 1. The molecule has 2 atom stereocenters. The van der Waals surface area contributed by atoms with Crippen molar-refractivity contribution in [1.29, 1.82) is 0 Å². The topological polar surface area (TPSA) is 110 Å². The molecule has 1 aliphatic heterocycles. The van der Waals surface area contributed by atoms with Crippen LogP contribution in [-0.2, 0) is 4.79 Å². The number of unbranched alkanes of at least 4 members (excludes halogenated alkanes) is 1. The van der Waals surface area contributed by atoms with Gasteiger partial charge in [-0.05, 0) is 36.1 Å². The number of alkyl halides is 1. The molecular formula is C23H25BrN2O6. The third-order valence-electron chi connectivity index (χ3n) is 5.51. The van der Waals surface area contributed by atoms with Crippen LogP contribution in [0.3, 0.4) is 0 Å². The smallest absolute Gasteiger partial charge is 0.313 e. The summed E-state index contributed by atoms with van der Waals surface area (Å²) in [5.74, 6) is -1.87. The fraction of sp³-hybridized carbons (Fsp3) is 0.391. The molecular weight excluding hydrogens is 480 g/mol. The van der Waals surface area contributed by atoms with Gasteiger partial charge in [-0.15, -0.1) is 0 Å². The number of carbonyl (C=O) groups is 2. The molecule has 1 aliphatic rings. The van der Waals surface area contributed by atoms with Crippen molar-refractivity contribution in [1.82, 2.24) is 4.90 Å². The summed E-state index contributed by atoms with van der Waals surface area (Å²) in [7, 11) is 0.